The molecule has 1 aliphatic carbocycles. The van der Waals surface area contributed by atoms with Gasteiger partial charge < -0.3 is 14.6 Å². The van der Waals surface area contributed by atoms with Gasteiger partial charge in [0.25, 0.3) is 0 Å². The number of aliphatic hydroxyl groups is 1. The fourth-order valence-corrected chi connectivity index (χ4v) is 4.11. The summed E-state index contributed by atoms with van der Waals surface area (Å²) < 4.78 is 11.2. The second-order valence-corrected chi connectivity index (χ2v) is 8.15. The first-order valence-corrected chi connectivity index (χ1v) is 10.8. The standard InChI is InChI=1S/C25H34O5/c1-6-7-8-9-20-13-23(29-18(4)27)25(24(14-20)30-19(5)28)22-12-16(2)10-11-21(22)17(3)15-26/h12-14,21-22,26H,3,6-11,15H2,1-2,4-5H3/t21-,22+/m0/s1. The Bertz CT molecular complexity index is 784. The van der Waals surface area contributed by atoms with Crippen molar-refractivity contribution in [3.63, 3.8) is 0 Å². The zero-order valence-electron chi connectivity index (χ0n) is 18.6. The zero-order chi connectivity index (χ0) is 22.3. The van der Waals surface area contributed by atoms with Crippen LogP contribution in [0.15, 0.2) is 35.9 Å². The number of ether oxygens (including phenoxy) is 2. The van der Waals surface area contributed by atoms with Crippen molar-refractivity contribution in [1.29, 1.82) is 0 Å². The Morgan fingerprint density at radius 1 is 1.13 bits per heavy atom. The summed E-state index contributed by atoms with van der Waals surface area (Å²) in [6.07, 6.45) is 7.84. The van der Waals surface area contributed by atoms with Crippen LogP contribution in [0.25, 0.3) is 0 Å². The first-order chi connectivity index (χ1) is 14.3. The normalized spacial score (nSPS) is 18.5. The van der Waals surface area contributed by atoms with Gasteiger partial charge in [0.2, 0.25) is 0 Å². The van der Waals surface area contributed by atoms with Crippen molar-refractivity contribution >= 4 is 11.9 Å². The highest BCUT2D eigenvalue weighted by atomic mass is 16.5. The van der Waals surface area contributed by atoms with Crippen molar-refractivity contribution in [2.45, 2.75) is 72.1 Å². The maximum absolute atomic E-state index is 11.9. The first kappa shape index (κ1) is 23.9. The van der Waals surface area contributed by atoms with Crippen molar-refractivity contribution < 1.29 is 24.2 Å². The largest absolute Gasteiger partial charge is 0.426 e. The number of aliphatic hydroxyl groups excluding tert-OH is 1. The van der Waals surface area contributed by atoms with Gasteiger partial charge in [0, 0.05) is 25.3 Å². The molecule has 0 heterocycles. The molecular weight excluding hydrogens is 380 g/mol. The highest BCUT2D eigenvalue weighted by molar-refractivity contribution is 5.73. The number of esters is 2. The highest BCUT2D eigenvalue weighted by Gasteiger charge is 2.33. The Morgan fingerprint density at radius 3 is 2.23 bits per heavy atom. The maximum atomic E-state index is 11.9. The molecule has 2 atom stereocenters. The van der Waals surface area contributed by atoms with Crippen LogP contribution in [0.1, 0.15) is 76.8 Å². The molecule has 5 heteroatoms. The van der Waals surface area contributed by atoms with Crippen molar-refractivity contribution in [3.05, 3.63) is 47.1 Å². The van der Waals surface area contributed by atoms with E-state index in [1.54, 1.807) is 0 Å². The summed E-state index contributed by atoms with van der Waals surface area (Å²) in [4.78, 5) is 23.8. The van der Waals surface area contributed by atoms with E-state index >= 15 is 0 Å². The number of unbranched alkanes of at least 4 members (excludes halogenated alkanes) is 2. The topological polar surface area (TPSA) is 72.8 Å². The molecule has 1 aromatic carbocycles. The number of hydrogen-bond donors (Lipinski definition) is 1. The van der Waals surface area contributed by atoms with Crippen molar-refractivity contribution in [2.24, 2.45) is 5.92 Å². The Kier molecular flexibility index (Phi) is 8.85. The summed E-state index contributed by atoms with van der Waals surface area (Å²) in [6.45, 7) is 10.9. The molecule has 1 aliphatic rings. The molecule has 164 valence electrons. The lowest BCUT2D eigenvalue weighted by Crippen LogP contribution is -2.22. The second kappa shape index (κ2) is 11.1. The number of hydrogen-bond acceptors (Lipinski definition) is 5. The number of aryl methyl sites for hydroxylation is 1. The molecular formula is C25H34O5. The molecule has 2 rings (SSSR count). The van der Waals surface area contributed by atoms with Crippen LogP contribution in [0.4, 0.5) is 0 Å². The quantitative estimate of drug-likeness (QED) is 0.258. The molecule has 0 radical (unpaired) electrons. The van der Waals surface area contributed by atoms with E-state index in [4.69, 9.17) is 9.47 Å². The molecule has 0 fully saturated rings. The Labute approximate surface area is 179 Å². The number of benzene rings is 1. The van der Waals surface area contributed by atoms with Gasteiger partial charge >= 0.3 is 11.9 Å². The fraction of sp³-hybridized carbons (Fsp3) is 0.520. The predicted octanol–water partition coefficient (Wildman–Crippen LogP) is 5.26. The van der Waals surface area contributed by atoms with E-state index in [0.717, 1.165) is 49.7 Å². The number of rotatable bonds is 9. The van der Waals surface area contributed by atoms with Gasteiger partial charge in [-0.2, -0.15) is 0 Å². The van der Waals surface area contributed by atoms with Crippen LogP contribution in [0.3, 0.4) is 0 Å². The number of carbonyl (C=O) groups is 2. The summed E-state index contributed by atoms with van der Waals surface area (Å²) in [5.41, 5.74) is 3.56. The van der Waals surface area contributed by atoms with E-state index in [2.05, 4.69) is 26.5 Å². The van der Waals surface area contributed by atoms with Gasteiger partial charge in [-0.25, -0.2) is 0 Å². The lowest BCUT2D eigenvalue weighted by atomic mass is 9.73. The predicted molar refractivity (Wildman–Crippen MR) is 118 cm³/mol. The number of allylic oxidation sites excluding steroid dienone is 2. The molecule has 0 spiro atoms. The average molecular weight is 415 g/mol. The van der Waals surface area contributed by atoms with E-state index in [1.807, 2.05) is 12.1 Å². The van der Waals surface area contributed by atoms with Crippen molar-refractivity contribution in [1.82, 2.24) is 0 Å². The van der Waals surface area contributed by atoms with Crippen LogP contribution >= 0.6 is 0 Å². The van der Waals surface area contributed by atoms with Gasteiger partial charge in [-0.1, -0.05) is 38.0 Å². The van der Waals surface area contributed by atoms with Gasteiger partial charge in [-0.15, -0.1) is 0 Å². The summed E-state index contributed by atoms with van der Waals surface area (Å²) in [6, 6.07) is 3.77. The molecule has 1 aromatic rings. The third kappa shape index (κ3) is 6.30. The van der Waals surface area contributed by atoms with Crippen LogP contribution in [0.2, 0.25) is 0 Å². The van der Waals surface area contributed by atoms with Crippen LogP contribution in [0.5, 0.6) is 11.5 Å². The van der Waals surface area contributed by atoms with Gasteiger partial charge in [0.1, 0.15) is 11.5 Å². The van der Waals surface area contributed by atoms with Crippen molar-refractivity contribution in [2.75, 3.05) is 6.61 Å². The lowest BCUT2D eigenvalue weighted by Gasteiger charge is -2.33. The van der Waals surface area contributed by atoms with Gasteiger partial charge in [-0.3, -0.25) is 9.59 Å². The SMILES string of the molecule is C=C(CO)[C@@H]1CCC(C)=C[C@H]1c1c(OC(C)=O)cc(CCCCC)cc1OC(C)=O. The van der Waals surface area contributed by atoms with Crippen LogP contribution in [0, 0.1) is 5.92 Å². The van der Waals surface area contributed by atoms with Crippen LogP contribution < -0.4 is 9.47 Å². The van der Waals surface area contributed by atoms with Gasteiger partial charge in [0.05, 0.1) is 6.61 Å². The maximum Gasteiger partial charge on any atom is 0.308 e. The highest BCUT2D eigenvalue weighted by Crippen LogP contribution is 2.47. The van der Waals surface area contributed by atoms with E-state index < -0.39 is 11.9 Å². The molecule has 0 aromatic heterocycles. The first-order valence-electron chi connectivity index (χ1n) is 10.8. The third-order valence-corrected chi connectivity index (χ3v) is 5.55. The average Bonchev–Trinajstić information content (AvgIpc) is 2.66. The molecule has 30 heavy (non-hydrogen) atoms. The second-order valence-electron chi connectivity index (χ2n) is 8.15. The summed E-state index contributed by atoms with van der Waals surface area (Å²) in [5, 5.41) is 9.72. The van der Waals surface area contributed by atoms with Gasteiger partial charge in [-0.05, 0) is 61.8 Å². The Hall–Kier alpha value is -2.40. The van der Waals surface area contributed by atoms with E-state index in [-0.39, 0.29) is 18.4 Å². The Balaban J connectivity index is 2.65. The van der Waals surface area contributed by atoms with Crippen LogP contribution in [-0.4, -0.2) is 23.7 Å². The molecule has 5 nitrogen and oxygen atoms in total. The third-order valence-electron chi connectivity index (χ3n) is 5.55. The smallest absolute Gasteiger partial charge is 0.308 e. The fourth-order valence-electron chi connectivity index (χ4n) is 4.11. The molecule has 0 bridgehead atoms. The Morgan fingerprint density at radius 2 is 1.73 bits per heavy atom. The molecule has 0 amide bonds. The van der Waals surface area contributed by atoms with Crippen LogP contribution in [-0.2, 0) is 16.0 Å². The van der Waals surface area contributed by atoms with E-state index in [1.165, 1.54) is 19.4 Å². The minimum atomic E-state index is -0.426. The summed E-state index contributed by atoms with van der Waals surface area (Å²) in [7, 11) is 0. The molecule has 0 aliphatic heterocycles. The minimum Gasteiger partial charge on any atom is -0.426 e. The summed E-state index contributed by atoms with van der Waals surface area (Å²) >= 11 is 0. The monoisotopic (exact) mass is 414 g/mol. The molecule has 0 saturated heterocycles. The van der Waals surface area contributed by atoms with E-state index in [0.29, 0.717) is 17.1 Å². The van der Waals surface area contributed by atoms with Gasteiger partial charge in [0.15, 0.2) is 0 Å². The number of carbonyl (C=O) groups excluding carboxylic acids is 2. The molecule has 1 N–H and O–H groups in total. The minimum absolute atomic E-state index is 0.0340. The van der Waals surface area contributed by atoms with Crippen molar-refractivity contribution in [3.8, 4) is 11.5 Å². The molecule has 0 saturated carbocycles. The lowest BCUT2D eigenvalue weighted by molar-refractivity contribution is -0.132. The van der Waals surface area contributed by atoms with E-state index in [9.17, 15) is 14.7 Å². The zero-order valence-corrected chi connectivity index (χ0v) is 18.6. The molecule has 0 unspecified atom stereocenters. The summed E-state index contributed by atoms with van der Waals surface area (Å²) in [5.74, 6) is -0.256.